The van der Waals surface area contributed by atoms with E-state index in [0.29, 0.717) is 0 Å². The Morgan fingerprint density at radius 2 is 1.91 bits per heavy atom. The number of aromatic nitrogens is 2. The molecule has 0 radical (unpaired) electrons. The van der Waals surface area contributed by atoms with E-state index in [4.69, 9.17) is 4.98 Å². The van der Waals surface area contributed by atoms with Crippen LogP contribution in [-0.2, 0) is 19.4 Å². The molecule has 1 aliphatic rings. The highest BCUT2D eigenvalue weighted by atomic mass is 19.1. The predicted octanol–water partition coefficient (Wildman–Crippen LogP) is 5.42. The monoisotopic (exact) mass is 428 g/mol. The van der Waals surface area contributed by atoms with Crippen LogP contribution in [0.3, 0.4) is 0 Å². The number of anilines is 1. The van der Waals surface area contributed by atoms with E-state index >= 15 is 0 Å². The molecule has 1 aliphatic heterocycles. The summed E-state index contributed by atoms with van der Waals surface area (Å²) in [7, 11) is 4.18. The first-order valence-corrected chi connectivity index (χ1v) is 11.2. The molecule has 1 unspecified atom stereocenters. The Morgan fingerprint density at radius 1 is 1.09 bits per heavy atom. The van der Waals surface area contributed by atoms with Crippen molar-refractivity contribution in [1.82, 2.24) is 14.9 Å². The quantitative estimate of drug-likeness (QED) is 0.461. The highest BCUT2D eigenvalue weighted by Crippen LogP contribution is 2.37. The summed E-state index contributed by atoms with van der Waals surface area (Å²) < 4.78 is 13.8. The summed E-state index contributed by atoms with van der Waals surface area (Å²) in [5.41, 5.74) is 7.29. The van der Waals surface area contributed by atoms with Gasteiger partial charge in [0, 0.05) is 36.4 Å². The van der Waals surface area contributed by atoms with Gasteiger partial charge in [-0.05, 0) is 74.3 Å². The van der Waals surface area contributed by atoms with Crippen molar-refractivity contribution >= 4 is 16.7 Å². The van der Waals surface area contributed by atoms with Gasteiger partial charge in [0.05, 0.1) is 5.52 Å². The largest absolute Gasteiger partial charge is 0.355 e. The molecule has 0 fully saturated rings. The number of benzene rings is 2. The van der Waals surface area contributed by atoms with Gasteiger partial charge < -0.3 is 14.8 Å². The maximum absolute atomic E-state index is 13.8. The molecule has 164 valence electrons. The Labute approximate surface area is 188 Å². The van der Waals surface area contributed by atoms with Gasteiger partial charge >= 0.3 is 0 Å². The van der Waals surface area contributed by atoms with Gasteiger partial charge in [-0.1, -0.05) is 36.4 Å². The summed E-state index contributed by atoms with van der Waals surface area (Å²) in [4.78, 5) is 13.0. The van der Waals surface area contributed by atoms with Crippen molar-refractivity contribution in [3.63, 3.8) is 0 Å². The van der Waals surface area contributed by atoms with Gasteiger partial charge in [-0.3, -0.25) is 0 Å². The molecule has 0 spiro atoms. The maximum Gasteiger partial charge on any atom is 0.153 e. The third-order valence-electron chi connectivity index (χ3n) is 6.64. The Hall–Kier alpha value is -3.18. The van der Waals surface area contributed by atoms with Crippen molar-refractivity contribution < 1.29 is 4.39 Å². The normalized spacial score (nSPS) is 14.7. The average Bonchev–Trinajstić information content (AvgIpc) is 3.12. The minimum absolute atomic E-state index is 0.128. The number of H-pyrrole nitrogens is 1. The summed E-state index contributed by atoms with van der Waals surface area (Å²) in [5, 5.41) is 1.20. The molecule has 0 saturated heterocycles. The lowest BCUT2D eigenvalue weighted by molar-refractivity contribution is 0.298. The van der Waals surface area contributed by atoms with Crippen molar-refractivity contribution in [2.24, 2.45) is 0 Å². The number of nitrogens with one attached hydrogen (secondary N) is 1. The molecule has 2 aromatic carbocycles. The second-order valence-corrected chi connectivity index (χ2v) is 8.97. The third kappa shape index (κ3) is 3.78. The van der Waals surface area contributed by atoms with E-state index in [0.717, 1.165) is 48.5 Å². The van der Waals surface area contributed by atoms with Gasteiger partial charge in [0.15, 0.2) is 5.82 Å². The van der Waals surface area contributed by atoms with Crippen molar-refractivity contribution in [3.05, 3.63) is 94.6 Å². The van der Waals surface area contributed by atoms with Crippen LogP contribution in [0.4, 0.5) is 10.2 Å². The number of fused-ring (bicyclic) bond motifs is 2. The van der Waals surface area contributed by atoms with Gasteiger partial charge in [0.1, 0.15) is 5.82 Å². The van der Waals surface area contributed by atoms with E-state index in [2.05, 4.69) is 66.1 Å². The number of aromatic amines is 1. The number of likely N-dealkylation sites (N-methyl/N-ethyl adjacent to an activating group) is 1. The molecule has 0 bridgehead atoms. The van der Waals surface area contributed by atoms with Crippen LogP contribution in [0.15, 0.2) is 60.8 Å². The number of hydrogen-bond acceptors (Lipinski definition) is 3. The Kier molecular flexibility index (Phi) is 5.43. The van der Waals surface area contributed by atoms with E-state index in [1.165, 1.54) is 28.1 Å². The number of hydrogen-bond donors (Lipinski definition) is 1. The minimum Gasteiger partial charge on any atom is -0.355 e. The fourth-order valence-electron chi connectivity index (χ4n) is 5.03. The molecule has 4 aromatic rings. The molecular formula is C27H29FN4. The Bertz CT molecular complexity index is 1260. The Balaban J connectivity index is 1.54. The fraction of sp³-hybridized carbons (Fsp3) is 0.296. The van der Waals surface area contributed by atoms with Gasteiger partial charge in [0.25, 0.3) is 0 Å². The molecule has 0 amide bonds. The van der Waals surface area contributed by atoms with E-state index in [1.807, 2.05) is 12.3 Å². The average molecular weight is 429 g/mol. The molecule has 3 heterocycles. The van der Waals surface area contributed by atoms with Crippen LogP contribution in [0.1, 0.15) is 34.0 Å². The lowest BCUT2D eigenvalue weighted by Crippen LogP contribution is -2.31. The van der Waals surface area contributed by atoms with Crippen LogP contribution in [0, 0.1) is 12.7 Å². The molecule has 2 aromatic heterocycles. The molecule has 4 nitrogen and oxygen atoms in total. The first-order chi connectivity index (χ1) is 15.5. The number of pyridine rings is 1. The zero-order chi connectivity index (χ0) is 22.2. The molecule has 0 saturated carbocycles. The van der Waals surface area contributed by atoms with Crippen LogP contribution in [-0.4, -0.2) is 35.5 Å². The van der Waals surface area contributed by atoms with Crippen LogP contribution in [0.25, 0.3) is 10.9 Å². The highest BCUT2D eigenvalue weighted by Gasteiger charge is 2.25. The lowest BCUT2D eigenvalue weighted by atomic mass is 9.95. The smallest absolute Gasteiger partial charge is 0.153 e. The van der Waals surface area contributed by atoms with Crippen molar-refractivity contribution in [2.45, 2.75) is 32.4 Å². The molecule has 1 atom stereocenters. The number of halogens is 1. The van der Waals surface area contributed by atoms with Crippen molar-refractivity contribution in [1.29, 1.82) is 0 Å². The number of aryl methyl sites for hydroxylation is 1. The maximum atomic E-state index is 13.8. The minimum atomic E-state index is -0.187. The van der Waals surface area contributed by atoms with E-state index in [-0.39, 0.29) is 11.9 Å². The second kappa shape index (κ2) is 8.40. The fourth-order valence-corrected chi connectivity index (χ4v) is 5.03. The highest BCUT2D eigenvalue weighted by molar-refractivity contribution is 5.93. The molecule has 0 aliphatic carbocycles. The standard InChI is InChI=1S/C27H29FN4/c1-18-25(24(31(2)3)16-19-7-6-10-22(28)15-19)23-11-13-29-27(26(23)30-18)32-14-12-20-8-4-5-9-21(20)17-32/h4-11,13,15,24,30H,12,14,16-17H2,1-3H3. The van der Waals surface area contributed by atoms with Crippen LogP contribution < -0.4 is 4.90 Å². The summed E-state index contributed by atoms with van der Waals surface area (Å²) in [6.07, 6.45) is 3.69. The van der Waals surface area contributed by atoms with Gasteiger partial charge in [-0.15, -0.1) is 0 Å². The van der Waals surface area contributed by atoms with Gasteiger partial charge in [-0.2, -0.15) is 0 Å². The van der Waals surface area contributed by atoms with Crippen molar-refractivity contribution in [2.75, 3.05) is 25.5 Å². The second-order valence-electron chi connectivity index (χ2n) is 8.97. The predicted molar refractivity (Wildman–Crippen MR) is 129 cm³/mol. The van der Waals surface area contributed by atoms with Crippen LogP contribution >= 0.6 is 0 Å². The first kappa shape index (κ1) is 20.7. The molecule has 5 heteroatoms. The number of rotatable bonds is 5. The van der Waals surface area contributed by atoms with E-state index in [1.54, 1.807) is 12.1 Å². The SMILES string of the molecule is Cc1[nH]c2c(N3CCc4ccccc4C3)nccc2c1C(Cc1cccc(F)c1)N(C)C. The zero-order valence-electron chi connectivity index (χ0n) is 18.9. The number of nitrogens with zero attached hydrogens (tertiary/aromatic N) is 3. The van der Waals surface area contributed by atoms with E-state index < -0.39 is 0 Å². The summed E-state index contributed by atoms with van der Waals surface area (Å²) >= 11 is 0. The van der Waals surface area contributed by atoms with Crippen molar-refractivity contribution in [3.8, 4) is 0 Å². The first-order valence-electron chi connectivity index (χ1n) is 11.2. The summed E-state index contributed by atoms with van der Waals surface area (Å²) in [5.74, 6) is 0.821. The molecule has 32 heavy (non-hydrogen) atoms. The summed E-state index contributed by atoms with van der Waals surface area (Å²) in [6.45, 7) is 3.96. The molecular weight excluding hydrogens is 399 g/mol. The topological polar surface area (TPSA) is 35.2 Å². The van der Waals surface area contributed by atoms with Gasteiger partial charge in [0.2, 0.25) is 0 Å². The third-order valence-corrected chi connectivity index (χ3v) is 6.64. The Morgan fingerprint density at radius 3 is 2.69 bits per heavy atom. The summed E-state index contributed by atoms with van der Waals surface area (Å²) in [6, 6.07) is 17.8. The zero-order valence-corrected chi connectivity index (χ0v) is 18.9. The molecule has 1 N–H and O–H groups in total. The lowest BCUT2D eigenvalue weighted by Gasteiger charge is -2.30. The molecule has 5 rings (SSSR count). The van der Waals surface area contributed by atoms with Crippen LogP contribution in [0.2, 0.25) is 0 Å². The van der Waals surface area contributed by atoms with E-state index in [9.17, 15) is 4.39 Å². The van der Waals surface area contributed by atoms with Gasteiger partial charge in [-0.25, -0.2) is 9.37 Å². The van der Waals surface area contributed by atoms with Crippen LogP contribution in [0.5, 0.6) is 0 Å².